The number of carbonyl (C=O) groups excluding carboxylic acids is 1. The quantitative estimate of drug-likeness (QED) is 0.730. The van der Waals surface area contributed by atoms with Crippen LogP contribution in [0.2, 0.25) is 0 Å². The van der Waals surface area contributed by atoms with Gasteiger partial charge in [0.2, 0.25) is 0 Å². The van der Waals surface area contributed by atoms with Crippen LogP contribution in [0.15, 0.2) is 0 Å². The van der Waals surface area contributed by atoms with Crippen molar-refractivity contribution in [3.8, 4) is 0 Å². The first-order chi connectivity index (χ1) is 9.98. The summed E-state index contributed by atoms with van der Waals surface area (Å²) in [5, 5.41) is 15.7. The van der Waals surface area contributed by atoms with E-state index in [0.717, 1.165) is 24.2 Å². The Morgan fingerprint density at radius 3 is 2.10 bits per heavy atom. The lowest BCUT2D eigenvalue weighted by molar-refractivity contribution is -0.0138. The second-order valence-electron chi connectivity index (χ2n) is 8.31. The maximum Gasteiger partial charge on any atom is 0.315 e. The molecule has 0 aromatic carbocycles. The van der Waals surface area contributed by atoms with E-state index in [1.54, 1.807) is 0 Å². The lowest BCUT2D eigenvalue weighted by Gasteiger charge is -2.56. The van der Waals surface area contributed by atoms with Crippen LogP contribution in [0, 0.1) is 23.7 Å². The number of urea groups is 1. The van der Waals surface area contributed by atoms with E-state index in [0.29, 0.717) is 5.92 Å². The Hall–Kier alpha value is -0.770. The van der Waals surface area contributed by atoms with Gasteiger partial charge in [-0.2, -0.15) is 0 Å². The normalized spacial score (nSPS) is 38.6. The van der Waals surface area contributed by atoms with Crippen LogP contribution in [-0.4, -0.2) is 29.3 Å². The van der Waals surface area contributed by atoms with Crippen molar-refractivity contribution in [1.29, 1.82) is 0 Å². The zero-order chi connectivity index (χ0) is 15.0. The maximum absolute atomic E-state index is 12.3. The highest BCUT2D eigenvalue weighted by molar-refractivity contribution is 5.75. The van der Waals surface area contributed by atoms with Gasteiger partial charge in [-0.25, -0.2) is 4.79 Å². The molecular formula is C17H30N2O2. The fourth-order valence-corrected chi connectivity index (χ4v) is 5.47. The van der Waals surface area contributed by atoms with Gasteiger partial charge >= 0.3 is 6.03 Å². The second-order valence-corrected chi connectivity index (χ2v) is 8.31. The van der Waals surface area contributed by atoms with E-state index < -0.39 is 0 Å². The van der Waals surface area contributed by atoms with E-state index in [1.165, 1.54) is 38.5 Å². The summed E-state index contributed by atoms with van der Waals surface area (Å²) in [5.41, 5.74) is 0.0523. The van der Waals surface area contributed by atoms with E-state index in [2.05, 4.69) is 24.5 Å². The average Bonchev–Trinajstić information content (AvgIpc) is 2.34. The minimum absolute atomic E-state index is 0.0203. The standard InChI is InChI=1S/C17H30N2O2/c1-11(2)3-15(10-20)18-16(21)19-17-7-12-4-13(8-17)6-14(5-12)9-17/h11-15,20H,3-10H2,1-2H3,(H2,18,19,21). The number of hydrogen-bond donors (Lipinski definition) is 3. The fourth-order valence-electron chi connectivity index (χ4n) is 5.47. The third kappa shape index (κ3) is 3.36. The van der Waals surface area contributed by atoms with E-state index in [9.17, 15) is 9.90 Å². The molecule has 21 heavy (non-hydrogen) atoms. The van der Waals surface area contributed by atoms with Crippen molar-refractivity contribution < 1.29 is 9.90 Å². The van der Waals surface area contributed by atoms with Gasteiger partial charge in [0.25, 0.3) is 0 Å². The van der Waals surface area contributed by atoms with E-state index in [1.807, 2.05) is 0 Å². The molecule has 0 aromatic heterocycles. The maximum atomic E-state index is 12.3. The zero-order valence-electron chi connectivity index (χ0n) is 13.4. The summed E-state index contributed by atoms with van der Waals surface area (Å²) in [6, 6.07) is -0.199. The van der Waals surface area contributed by atoms with Gasteiger partial charge in [-0.05, 0) is 68.6 Å². The first-order valence-electron chi connectivity index (χ1n) is 8.67. The molecule has 3 N–H and O–H groups in total. The van der Waals surface area contributed by atoms with Crippen molar-refractivity contribution in [2.45, 2.75) is 70.4 Å². The molecule has 4 saturated carbocycles. The third-order valence-corrected chi connectivity index (χ3v) is 5.73. The molecule has 4 bridgehead atoms. The Labute approximate surface area is 128 Å². The van der Waals surface area contributed by atoms with Crippen molar-refractivity contribution in [2.24, 2.45) is 23.7 Å². The molecule has 0 radical (unpaired) electrons. The van der Waals surface area contributed by atoms with Crippen molar-refractivity contribution in [2.75, 3.05) is 6.61 Å². The van der Waals surface area contributed by atoms with Gasteiger partial charge in [0.15, 0.2) is 0 Å². The number of amides is 2. The van der Waals surface area contributed by atoms with E-state index >= 15 is 0 Å². The summed E-state index contributed by atoms with van der Waals surface area (Å²) in [7, 11) is 0. The Bertz CT molecular complexity index is 359. The Morgan fingerprint density at radius 1 is 1.14 bits per heavy atom. The molecule has 120 valence electrons. The van der Waals surface area contributed by atoms with Crippen LogP contribution in [-0.2, 0) is 0 Å². The Morgan fingerprint density at radius 2 is 1.67 bits per heavy atom. The molecule has 2 amide bonds. The summed E-state index contributed by atoms with van der Waals surface area (Å²) < 4.78 is 0. The highest BCUT2D eigenvalue weighted by Crippen LogP contribution is 2.55. The number of rotatable bonds is 5. The van der Waals surface area contributed by atoms with Crippen LogP contribution in [0.5, 0.6) is 0 Å². The molecule has 0 aromatic rings. The summed E-state index contributed by atoms with van der Waals surface area (Å²) in [4.78, 5) is 12.3. The second kappa shape index (κ2) is 5.79. The van der Waals surface area contributed by atoms with Gasteiger partial charge in [0.1, 0.15) is 0 Å². The van der Waals surface area contributed by atoms with Gasteiger partial charge < -0.3 is 15.7 Å². The Kier molecular flexibility index (Phi) is 4.17. The third-order valence-electron chi connectivity index (χ3n) is 5.73. The highest BCUT2D eigenvalue weighted by Gasteiger charge is 2.51. The molecule has 0 heterocycles. The molecule has 4 nitrogen and oxygen atoms in total. The fraction of sp³-hybridized carbons (Fsp3) is 0.941. The minimum atomic E-state index is -0.126. The topological polar surface area (TPSA) is 61.4 Å². The smallest absolute Gasteiger partial charge is 0.315 e. The molecule has 0 spiro atoms. The predicted octanol–water partition coefficient (Wildman–Crippen LogP) is 2.66. The molecule has 4 rings (SSSR count). The van der Waals surface area contributed by atoms with Crippen LogP contribution in [0.4, 0.5) is 4.79 Å². The zero-order valence-corrected chi connectivity index (χ0v) is 13.4. The summed E-state index contributed by atoms with van der Waals surface area (Å²) >= 11 is 0. The summed E-state index contributed by atoms with van der Waals surface area (Å²) in [6.07, 6.45) is 8.48. The van der Waals surface area contributed by atoms with Crippen molar-refractivity contribution in [3.63, 3.8) is 0 Å². The largest absolute Gasteiger partial charge is 0.394 e. The first-order valence-corrected chi connectivity index (χ1v) is 8.67. The minimum Gasteiger partial charge on any atom is -0.394 e. The van der Waals surface area contributed by atoms with Crippen LogP contribution >= 0.6 is 0 Å². The van der Waals surface area contributed by atoms with Gasteiger partial charge in [0, 0.05) is 5.54 Å². The average molecular weight is 294 g/mol. The van der Waals surface area contributed by atoms with E-state index in [-0.39, 0.29) is 24.2 Å². The van der Waals surface area contributed by atoms with Gasteiger partial charge in [0.05, 0.1) is 12.6 Å². The molecule has 4 fully saturated rings. The van der Waals surface area contributed by atoms with Crippen LogP contribution < -0.4 is 10.6 Å². The van der Waals surface area contributed by atoms with E-state index in [4.69, 9.17) is 0 Å². The lowest BCUT2D eigenvalue weighted by Crippen LogP contribution is -2.62. The molecule has 0 saturated heterocycles. The van der Waals surface area contributed by atoms with Gasteiger partial charge in [-0.1, -0.05) is 13.8 Å². The predicted molar refractivity (Wildman–Crippen MR) is 82.9 cm³/mol. The number of aliphatic hydroxyl groups excluding tert-OH is 1. The molecule has 4 aliphatic carbocycles. The highest BCUT2D eigenvalue weighted by atomic mass is 16.3. The summed E-state index contributed by atoms with van der Waals surface area (Å²) in [5.74, 6) is 2.98. The molecule has 4 heteroatoms. The molecule has 1 unspecified atom stereocenters. The first kappa shape index (κ1) is 15.1. The van der Waals surface area contributed by atoms with Gasteiger partial charge in [-0.15, -0.1) is 0 Å². The van der Waals surface area contributed by atoms with Crippen molar-refractivity contribution in [1.82, 2.24) is 10.6 Å². The van der Waals surface area contributed by atoms with Crippen molar-refractivity contribution >= 4 is 6.03 Å². The lowest BCUT2D eigenvalue weighted by atomic mass is 9.53. The molecule has 0 aliphatic heterocycles. The van der Waals surface area contributed by atoms with Crippen molar-refractivity contribution in [3.05, 3.63) is 0 Å². The number of carbonyl (C=O) groups is 1. The van der Waals surface area contributed by atoms with Crippen LogP contribution in [0.1, 0.15) is 58.8 Å². The van der Waals surface area contributed by atoms with Crippen LogP contribution in [0.25, 0.3) is 0 Å². The SMILES string of the molecule is CC(C)CC(CO)NC(=O)NC12CC3CC(CC(C3)C1)C2. The Balaban J connectivity index is 1.57. The summed E-state index contributed by atoms with van der Waals surface area (Å²) in [6.45, 7) is 4.25. The molecule has 1 atom stereocenters. The number of aliphatic hydroxyl groups is 1. The monoisotopic (exact) mass is 294 g/mol. The number of hydrogen-bond acceptors (Lipinski definition) is 2. The molecular weight excluding hydrogens is 264 g/mol. The number of nitrogens with one attached hydrogen (secondary N) is 2. The molecule has 4 aliphatic rings. The van der Waals surface area contributed by atoms with Gasteiger partial charge in [-0.3, -0.25) is 0 Å². The van der Waals surface area contributed by atoms with Crippen LogP contribution in [0.3, 0.4) is 0 Å².